The highest BCUT2D eigenvalue weighted by atomic mass is 16.6. The third-order valence-corrected chi connectivity index (χ3v) is 9.80. The smallest absolute Gasteiger partial charge is 0.307 e. The molecule has 0 saturated carbocycles. The van der Waals surface area contributed by atoms with Crippen molar-refractivity contribution in [1.82, 2.24) is 9.38 Å². The van der Waals surface area contributed by atoms with Crippen LogP contribution in [0.15, 0.2) is 179 Å². The number of benzene rings is 4. The fourth-order valence-corrected chi connectivity index (χ4v) is 7.69. The van der Waals surface area contributed by atoms with Crippen molar-refractivity contribution in [2.45, 2.75) is 0 Å². The minimum atomic E-state index is -0.269. The second-order valence-electron chi connectivity index (χ2n) is 12.7. The number of fused-ring (bicyclic) bond motifs is 4. The molecule has 4 aromatic carbocycles. The van der Waals surface area contributed by atoms with Gasteiger partial charge in [0.05, 0.1) is 27.5 Å². The van der Waals surface area contributed by atoms with Gasteiger partial charge in [-0.05, 0) is 58.7 Å². The minimum absolute atomic E-state index is 0.0231. The van der Waals surface area contributed by atoms with Crippen molar-refractivity contribution < 1.29 is 4.92 Å². The predicted molar refractivity (Wildman–Crippen MR) is 200 cm³/mol. The number of nitrogens with zero attached hydrogens (tertiary/aromatic N) is 4. The fourth-order valence-electron chi connectivity index (χ4n) is 7.69. The van der Waals surface area contributed by atoms with Crippen LogP contribution in [0, 0.1) is 10.1 Å². The summed E-state index contributed by atoms with van der Waals surface area (Å²) in [5, 5.41) is 15.0. The van der Waals surface area contributed by atoms with Crippen molar-refractivity contribution >= 4 is 33.6 Å². The molecule has 0 spiro atoms. The van der Waals surface area contributed by atoms with Gasteiger partial charge in [0.25, 0.3) is 0 Å². The maximum absolute atomic E-state index is 13.4. The molecular formula is C44H27N5O2. The van der Waals surface area contributed by atoms with Crippen LogP contribution in [0.4, 0.5) is 0 Å². The van der Waals surface area contributed by atoms with E-state index in [0.717, 1.165) is 72.3 Å². The lowest BCUT2D eigenvalue weighted by Gasteiger charge is -2.11. The van der Waals surface area contributed by atoms with Gasteiger partial charge in [0.2, 0.25) is 0 Å². The van der Waals surface area contributed by atoms with Crippen LogP contribution in [0.5, 0.6) is 0 Å². The molecule has 3 aliphatic rings. The molecule has 0 radical (unpaired) electrons. The molecule has 1 N–H and O–H groups in total. The average Bonchev–Trinajstić information content (AvgIpc) is 4.01. The zero-order chi connectivity index (χ0) is 34.1. The molecule has 3 aliphatic heterocycles. The first-order chi connectivity index (χ1) is 25.2. The molecule has 0 fully saturated rings. The second kappa shape index (κ2) is 11.2. The second-order valence-corrected chi connectivity index (χ2v) is 12.7. The average molecular weight is 658 g/mol. The Morgan fingerprint density at radius 1 is 0.549 bits per heavy atom. The highest BCUT2D eigenvalue weighted by molar-refractivity contribution is 6.30. The van der Waals surface area contributed by atoms with Crippen LogP contribution in [0.25, 0.3) is 39.1 Å². The van der Waals surface area contributed by atoms with E-state index in [1.807, 2.05) is 115 Å². The van der Waals surface area contributed by atoms with Crippen LogP contribution >= 0.6 is 0 Å². The van der Waals surface area contributed by atoms with Crippen molar-refractivity contribution in [2.75, 3.05) is 0 Å². The minimum Gasteiger partial charge on any atom is -0.354 e. The summed E-state index contributed by atoms with van der Waals surface area (Å²) >= 11 is 0. The Hall–Kier alpha value is -7.12. The summed E-state index contributed by atoms with van der Waals surface area (Å²) in [6, 6.07) is 48.2. The van der Waals surface area contributed by atoms with Crippen LogP contribution in [0.3, 0.4) is 0 Å². The monoisotopic (exact) mass is 657 g/mol. The van der Waals surface area contributed by atoms with Gasteiger partial charge >= 0.3 is 5.70 Å². The number of aromatic amines is 1. The number of hydrogen-bond acceptors (Lipinski definition) is 4. The molecule has 0 saturated heterocycles. The maximum atomic E-state index is 13.4. The first kappa shape index (κ1) is 28.9. The summed E-state index contributed by atoms with van der Waals surface area (Å²) in [6.07, 6.45) is 4.14. The molecule has 7 heteroatoms. The SMILES string of the molecule is O=[N+]([O-])C1=C2N=c3c1c(-c1ccccc1)c1ccc(n31)C(c1ccccc1)=C1C=CC(=N1)C(c1ccccc1)=c1ccc([nH]1)=C2c1ccccc1. The van der Waals surface area contributed by atoms with Crippen molar-refractivity contribution in [3.63, 3.8) is 0 Å². The highest BCUT2D eigenvalue weighted by Gasteiger charge is 2.38. The molecule has 7 aromatic rings. The Bertz CT molecular complexity index is 2890. The van der Waals surface area contributed by atoms with Crippen molar-refractivity contribution in [2.24, 2.45) is 9.98 Å². The normalized spacial score (nSPS) is 14.8. The quantitative estimate of drug-likeness (QED) is 0.158. The molecule has 0 amide bonds. The van der Waals surface area contributed by atoms with Gasteiger partial charge in [-0.25, -0.2) is 9.98 Å². The molecule has 240 valence electrons. The molecule has 6 heterocycles. The first-order valence-electron chi connectivity index (χ1n) is 16.8. The number of H-pyrrole nitrogens is 1. The zero-order valence-electron chi connectivity index (χ0n) is 27.1. The summed E-state index contributed by atoms with van der Waals surface area (Å²) in [5.74, 6) is 0. The van der Waals surface area contributed by atoms with E-state index in [0.29, 0.717) is 22.3 Å². The lowest BCUT2D eigenvalue weighted by molar-refractivity contribution is -0.375. The molecule has 10 rings (SSSR count). The van der Waals surface area contributed by atoms with Gasteiger partial charge in [-0.1, -0.05) is 121 Å². The summed E-state index contributed by atoms with van der Waals surface area (Å²) in [4.78, 5) is 27.5. The van der Waals surface area contributed by atoms with Crippen LogP contribution in [-0.2, 0) is 0 Å². The summed E-state index contributed by atoms with van der Waals surface area (Å²) in [6.45, 7) is 0. The summed E-state index contributed by atoms with van der Waals surface area (Å²) < 4.78 is 2.08. The third-order valence-electron chi connectivity index (χ3n) is 9.80. The Kier molecular flexibility index (Phi) is 6.35. The molecule has 7 nitrogen and oxygen atoms in total. The van der Waals surface area contributed by atoms with Crippen LogP contribution < -0.4 is 16.2 Å². The summed E-state index contributed by atoms with van der Waals surface area (Å²) in [5.41, 5.74) is 11.6. The standard InChI is InChI=1S/C44H27N5O2/c50-49(51)43-41-40(30-19-11-4-12-20-30)36-26-25-35-38(28-15-7-2-8-16-28)33-23-21-31(45-33)37(27-13-5-1-6-14-27)32-22-24-34(46-32)39(29-17-9-3-10-18-29)42(43)47-44(41)48(35)36/h1-26,46H. The number of allylic oxidation sites excluding steroid dienone is 3. The maximum Gasteiger partial charge on any atom is 0.307 e. The van der Waals surface area contributed by atoms with Gasteiger partial charge in [0, 0.05) is 33.0 Å². The molecule has 3 aromatic heterocycles. The van der Waals surface area contributed by atoms with Crippen molar-refractivity contribution in [1.29, 1.82) is 0 Å². The van der Waals surface area contributed by atoms with E-state index in [2.05, 4.69) is 51.9 Å². The van der Waals surface area contributed by atoms with E-state index in [9.17, 15) is 10.1 Å². The number of aromatic nitrogens is 2. The molecule has 6 bridgehead atoms. The van der Waals surface area contributed by atoms with Gasteiger partial charge in [0.15, 0.2) is 11.2 Å². The predicted octanol–water partition coefficient (Wildman–Crippen LogP) is 7.11. The topological polar surface area (TPSA) is 88.1 Å². The molecule has 0 unspecified atom stereocenters. The summed E-state index contributed by atoms with van der Waals surface area (Å²) in [7, 11) is 0. The van der Waals surface area contributed by atoms with Crippen molar-refractivity contribution in [3.05, 3.63) is 223 Å². The third kappa shape index (κ3) is 4.38. The van der Waals surface area contributed by atoms with Gasteiger partial charge in [-0.3, -0.25) is 14.5 Å². The van der Waals surface area contributed by atoms with Gasteiger partial charge in [-0.2, -0.15) is 0 Å². The number of hydrogen-bond donors (Lipinski definition) is 1. The van der Waals surface area contributed by atoms with Crippen molar-refractivity contribution in [3.8, 4) is 11.1 Å². The van der Waals surface area contributed by atoms with E-state index in [4.69, 9.17) is 9.98 Å². The van der Waals surface area contributed by atoms with Crippen LogP contribution in [0.2, 0.25) is 0 Å². The van der Waals surface area contributed by atoms with Gasteiger partial charge < -0.3 is 4.98 Å². The number of nitrogens with one attached hydrogen (secondary N) is 1. The zero-order valence-corrected chi connectivity index (χ0v) is 27.1. The highest BCUT2D eigenvalue weighted by Crippen LogP contribution is 2.42. The van der Waals surface area contributed by atoms with E-state index in [1.165, 1.54) is 0 Å². The van der Waals surface area contributed by atoms with E-state index in [1.54, 1.807) is 0 Å². The van der Waals surface area contributed by atoms with E-state index < -0.39 is 0 Å². The number of rotatable bonds is 5. The first-order valence-corrected chi connectivity index (χ1v) is 16.8. The van der Waals surface area contributed by atoms with E-state index >= 15 is 0 Å². The van der Waals surface area contributed by atoms with E-state index in [-0.39, 0.29) is 10.6 Å². The Morgan fingerprint density at radius 3 is 1.71 bits per heavy atom. The molecule has 51 heavy (non-hydrogen) atoms. The van der Waals surface area contributed by atoms with Crippen LogP contribution in [0.1, 0.15) is 27.9 Å². The Labute approximate surface area is 291 Å². The van der Waals surface area contributed by atoms with Gasteiger partial charge in [-0.15, -0.1) is 0 Å². The Balaban J connectivity index is 1.44. The number of aliphatic imine (C=N–C) groups is 1. The van der Waals surface area contributed by atoms with Gasteiger partial charge in [0.1, 0.15) is 5.56 Å². The molecule has 0 atom stereocenters. The molecular weight excluding hydrogens is 631 g/mol. The fraction of sp³-hybridized carbons (Fsp3) is 0. The molecule has 0 aliphatic carbocycles. The Morgan fingerprint density at radius 2 is 1.10 bits per heavy atom. The lowest BCUT2D eigenvalue weighted by Crippen LogP contribution is -2.20. The lowest BCUT2D eigenvalue weighted by atomic mass is 9.97. The largest absolute Gasteiger partial charge is 0.354 e. The van der Waals surface area contributed by atoms with Crippen LogP contribution in [-0.4, -0.2) is 20.0 Å². The number of nitro groups is 1.